The first-order valence-corrected chi connectivity index (χ1v) is 8.17. The van der Waals surface area contributed by atoms with Gasteiger partial charge in [-0.15, -0.1) is 0 Å². The summed E-state index contributed by atoms with van der Waals surface area (Å²) in [4.78, 5) is 0. The third kappa shape index (κ3) is 2.35. The molecule has 7 heteroatoms. The van der Waals surface area contributed by atoms with Gasteiger partial charge in [0.15, 0.2) is 4.77 Å². The number of aliphatic hydroxyl groups excluding tert-OH is 1. The van der Waals surface area contributed by atoms with Crippen molar-refractivity contribution in [2.24, 2.45) is 7.05 Å². The highest BCUT2D eigenvalue weighted by molar-refractivity contribution is 9.10. The van der Waals surface area contributed by atoms with Crippen LogP contribution in [0.25, 0.3) is 0 Å². The molecule has 0 amide bonds. The molecule has 1 aromatic carbocycles. The summed E-state index contributed by atoms with van der Waals surface area (Å²) in [5.41, 5.74) is 2.00. The lowest BCUT2D eigenvalue weighted by molar-refractivity contribution is 0.296. The van der Waals surface area contributed by atoms with Gasteiger partial charge in [-0.2, -0.15) is 0 Å². The molecule has 0 saturated carbocycles. The number of rotatable bonds is 3. The Hall–Kier alpha value is -1.05. The molecule has 0 aliphatic carbocycles. The van der Waals surface area contributed by atoms with Crippen molar-refractivity contribution in [3.63, 3.8) is 0 Å². The van der Waals surface area contributed by atoms with Crippen LogP contribution in [0.2, 0.25) is 0 Å². The van der Waals surface area contributed by atoms with Gasteiger partial charge in [-0.25, -0.2) is 8.78 Å². The quantitative estimate of drug-likeness (QED) is 0.644. The van der Waals surface area contributed by atoms with Crippen molar-refractivity contribution in [2.45, 2.75) is 25.3 Å². The Morgan fingerprint density at radius 2 is 2.14 bits per heavy atom. The molecule has 3 nitrogen and oxygen atoms in total. The lowest BCUT2D eigenvalue weighted by Gasteiger charge is -2.14. The molecule has 22 heavy (non-hydrogen) atoms. The summed E-state index contributed by atoms with van der Waals surface area (Å²) in [6.07, 6.45) is 1.00. The highest BCUT2D eigenvalue weighted by Crippen LogP contribution is 2.37. The maximum Gasteiger partial charge on any atom is 0.179 e. The molecule has 1 unspecified atom stereocenters. The molecule has 0 radical (unpaired) electrons. The molecule has 3 rings (SSSR count). The van der Waals surface area contributed by atoms with Gasteiger partial charge in [0.1, 0.15) is 11.6 Å². The van der Waals surface area contributed by atoms with Gasteiger partial charge >= 0.3 is 0 Å². The smallest absolute Gasteiger partial charge is 0.179 e. The van der Waals surface area contributed by atoms with Crippen LogP contribution >= 0.6 is 28.1 Å². The van der Waals surface area contributed by atoms with Crippen molar-refractivity contribution in [1.82, 2.24) is 9.13 Å². The molecule has 118 valence electrons. The van der Waals surface area contributed by atoms with E-state index in [2.05, 4.69) is 15.9 Å². The first-order valence-electron chi connectivity index (χ1n) is 6.97. The average Bonchev–Trinajstić information content (AvgIpc) is 2.99. The van der Waals surface area contributed by atoms with Crippen molar-refractivity contribution in [3.05, 3.63) is 50.0 Å². The maximum atomic E-state index is 14.3. The predicted molar refractivity (Wildman–Crippen MR) is 85.5 cm³/mol. The van der Waals surface area contributed by atoms with Gasteiger partial charge in [0.05, 0.1) is 4.47 Å². The van der Waals surface area contributed by atoms with Crippen molar-refractivity contribution in [3.8, 4) is 0 Å². The summed E-state index contributed by atoms with van der Waals surface area (Å²) in [5.74, 6) is -1.36. The van der Waals surface area contributed by atoms with E-state index in [4.69, 9.17) is 12.2 Å². The maximum absolute atomic E-state index is 14.3. The number of nitrogens with zero attached hydrogens (tertiary/aromatic N) is 2. The van der Waals surface area contributed by atoms with Crippen LogP contribution in [-0.4, -0.2) is 20.8 Å². The highest BCUT2D eigenvalue weighted by atomic mass is 79.9. The van der Waals surface area contributed by atoms with E-state index in [1.165, 1.54) is 12.1 Å². The zero-order valence-electron chi connectivity index (χ0n) is 11.9. The Morgan fingerprint density at radius 3 is 2.82 bits per heavy atom. The Morgan fingerprint density at radius 1 is 1.41 bits per heavy atom. The van der Waals surface area contributed by atoms with Crippen LogP contribution in [0.1, 0.15) is 22.9 Å². The average molecular weight is 389 g/mol. The Labute approximate surface area is 140 Å². The topological polar surface area (TPSA) is 30.1 Å². The highest BCUT2D eigenvalue weighted by Gasteiger charge is 2.32. The van der Waals surface area contributed by atoms with E-state index in [1.54, 1.807) is 0 Å². The molecule has 0 bridgehead atoms. The second-order valence-electron chi connectivity index (χ2n) is 5.48. The zero-order chi connectivity index (χ0) is 16.0. The van der Waals surface area contributed by atoms with Crippen molar-refractivity contribution >= 4 is 28.1 Å². The SMILES string of the molecule is Cn1c(CCO)c2n(c1=S)CC(c1c(F)ccc(Br)c1F)C2. The third-order valence-electron chi connectivity index (χ3n) is 4.26. The second-order valence-corrected chi connectivity index (χ2v) is 6.70. The lowest BCUT2D eigenvalue weighted by atomic mass is 9.95. The normalized spacial score (nSPS) is 17.0. The molecule has 0 fully saturated rings. The minimum Gasteiger partial charge on any atom is -0.396 e. The largest absolute Gasteiger partial charge is 0.396 e. The molecule has 1 N–H and O–H groups in total. The van der Waals surface area contributed by atoms with Gasteiger partial charge in [0.2, 0.25) is 0 Å². The molecule has 0 spiro atoms. The first kappa shape index (κ1) is 15.8. The Kier molecular flexibility index (Phi) is 4.22. The summed E-state index contributed by atoms with van der Waals surface area (Å²) in [6, 6.07) is 2.65. The molecular formula is C15H15BrF2N2OS. The van der Waals surface area contributed by atoms with Crippen LogP contribution in [0.4, 0.5) is 8.78 Å². The molecule has 2 aromatic rings. The fourth-order valence-corrected chi connectivity index (χ4v) is 3.86. The minimum absolute atomic E-state index is 0.0178. The van der Waals surface area contributed by atoms with Gasteiger partial charge < -0.3 is 14.2 Å². The summed E-state index contributed by atoms with van der Waals surface area (Å²) < 4.78 is 33.1. The summed E-state index contributed by atoms with van der Waals surface area (Å²) in [7, 11) is 1.86. The first-order chi connectivity index (χ1) is 10.5. The molecule has 1 aliphatic heterocycles. The fourth-order valence-electron chi connectivity index (χ4n) is 3.22. The molecular weight excluding hydrogens is 374 g/mol. The molecule has 1 aromatic heterocycles. The number of benzene rings is 1. The number of aromatic nitrogens is 2. The number of imidazole rings is 1. The predicted octanol–water partition coefficient (Wildman–Crippen LogP) is 3.47. The fraction of sp³-hybridized carbons (Fsp3) is 0.400. The van der Waals surface area contributed by atoms with Gasteiger partial charge in [-0.05, 0) is 46.7 Å². The molecule has 2 heterocycles. The van der Waals surface area contributed by atoms with E-state index in [0.29, 0.717) is 24.2 Å². The van der Waals surface area contributed by atoms with E-state index in [1.807, 2.05) is 16.2 Å². The van der Waals surface area contributed by atoms with Crippen LogP contribution in [0.5, 0.6) is 0 Å². The van der Waals surface area contributed by atoms with Crippen LogP contribution in [0.15, 0.2) is 16.6 Å². The van der Waals surface area contributed by atoms with Crippen molar-refractivity contribution < 1.29 is 13.9 Å². The number of hydrogen-bond donors (Lipinski definition) is 1. The number of halogens is 3. The van der Waals surface area contributed by atoms with E-state index in [0.717, 1.165) is 11.4 Å². The zero-order valence-corrected chi connectivity index (χ0v) is 14.3. The van der Waals surface area contributed by atoms with Gasteiger partial charge in [0.25, 0.3) is 0 Å². The lowest BCUT2D eigenvalue weighted by Crippen LogP contribution is -2.09. The minimum atomic E-state index is -0.547. The van der Waals surface area contributed by atoms with E-state index >= 15 is 0 Å². The second kappa shape index (κ2) is 5.86. The van der Waals surface area contributed by atoms with Crippen LogP contribution in [0.3, 0.4) is 0 Å². The monoisotopic (exact) mass is 388 g/mol. The van der Waals surface area contributed by atoms with Crippen LogP contribution in [-0.2, 0) is 26.4 Å². The Balaban J connectivity index is 2.04. The molecule has 0 saturated heterocycles. The van der Waals surface area contributed by atoms with Crippen molar-refractivity contribution in [1.29, 1.82) is 0 Å². The van der Waals surface area contributed by atoms with E-state index in [-0.39, 0.29) is 22.6 Å². The standard InChI is InChI=1S/C15H15BrF2N2OS/c1-19-11(4-5-21)12-6-8(7-20(12)15(19)22)13-10(17)3-2-9(16)14(13)18/h2-3,8,21H,4-7H2,1H3. The Bertz CT molecular complexity index is 800. The van der Waals surface area contributed by atoms with Gasteiger partial charge in [0, 0.05) is 49.5 Å². The van der Waals surface area contributed by atoms with Crippen LogP contribution in [0, 0.1) is 16.4 Å². The van der Waals surface area contributed by atoms with Gasteiger partial charge in [-0.3, -0.25) is 0 Å². The van der Waals surface area contributed by atoms with Crippen LogP contribution < -0.4 is 0 Å². The van der Waals surface area contributed by atoms with Crippen molar-refractivity contribution in [2.75, 3.05) is 6.61 Å². The van der Waals surface area contributed by atoms with E-state index in [9.17, 15) is 13.9 Å². The summed E-state index contributed by atoms with van der Waals surface area (Å²) in [6.45, 7) is 0.474. The third-order valence-corrected chi connectivity index (χ3v) is 5.37. The number of aliphatic hydroxyl groups is 1. The molecule has 1 atom stereocenters. The number of fused-ring (bicyclic) bond motifs is 1. The number of hydrogen-bond acceptors (Lipinski definition) is 2. The van der Waals surface area contributed by atoms with E-state index < -0.39 is 11.6 Å². The summed E-state index contributed by atoms with van der Waals surface area (Å²) >= 11 is 8.51. The van der Waals surface area contributed by atoms with Gasteiger partial charge in [-0.1, -0.05) is 0 Å². The summed E-state index contributed by atoms with van der Waals surface area (Å²) in [5, 5.41) is 9.21. The molecule has 1 aliphatic rings.